The van der Waals surface area contributed by atoms with E-state index in [0.29, 0.717) is 0 Å². The summed E-state index contributed by atoms with van der Waals surface area (Å²) in [6, 6.07) is 9.55. The van der Waals surface area contributed by atoms with Gasteiger partial charge in [0.1, 0.15) is 5.54 Å². The number of benzene rings is 1. The second kappa shape index (κ2) is 7.41. The van der Waals surface area contributed by atoms with Crippen molar-refractivity contribution in [2.24, 2.45) is 5.73 Å². The topological polar surface area (TPSA) is 58.4 Å². The fourth-order valence-corrected chi connectivity index (χ4v) is 2.20. The SMILES string of the molecule is CCN(CC)CC(C)NC(=O)C(C)(N)c1ccccc1. The summed E-state index contributed by atoms with van der Waals surface area (Å²) in [6.07, 6.45) is 0. The quantitative estimate of drug-likeness (QED) is 0.797. The van der Waals surface area contributed by atoms with Gasteiger partial charge in [-0.25, -0.2) is 0 Å². The molecular weight excluding hydrogens is 250 g/mol. The lowest BCUT2D eigenvalue weighted by molar-refractivity contribution is -0.126. The molecule has 112 valence electrons. The highest BCUT2D eigenvalue weighted by atomic mass is 16.2. The van der Waals surface area contributed by atoms with Gasteiger partial charge in [0.15, 0.2) is 0 Å². The molecule has 0 saturated heterocycles. The summed E-state index contributed by atoms with van der Waals surface area (Å²) in [6.45, 7) is 10.8. The third-order valence-electron chi connectivity index (χ3n) is 3.65. The van der Waals surface area contributed by atoms with Crippen LogP contribution in [0.15, 0.2) is 30.3 Å². The zero-order chi connectivity index (χ0) is 15.2. The molecule has 2 unspecified atom stereocenters. The Morgan fingerprint density at radius 3 is 2.35 bits per heavy atom. The van der Waals surface area contributed by atoms with Crippen molar-refractivity contribution in [2.75, 3.05) is 19.6 Å². The molecule has 1 aromatic rings. The molecule has 0 heterocycles. The fourth-order valence-electron chi connectivity index (χ4n) is 2.20. The molecule has 4 nitrogen and oxygen atoms in total. The van der Waals surface area contributed by atoms with Crippen molar-refractivity contribution >= 4 is 5.91 Å². The van der Waals surface area contributed by atoms with Crippen molar-refractivity contribution in [2.45, 2.75) is 39.3 Å². The van der Waals surface area contributed by atoms with Crippen LogP contribution >= 0.6 is 0 Å². The largest absolute Gasteiger partial charge is 0.350 e. The molecule has 0 fully saturated rings. The van der Waals surface area contributed by atoms with Crippen LogP contribution in [0.2, 0.25) is 0 Å². The summed E-state index contributed by atoms with van der Waals surface area (Å²) < 4.78 is 0. The van der Waals surface area contributed by atoms with Gasteiger partial charge in [-0.15, -0.1) is 0 Å². The Hall–Kier alpha value is -1.39. The van der Waals surface area contributed by atoms with Crippen molar-refractivity contribution in [1.29, 1.82) is 0 Å². The normalized spacial score (nSPS) is 15.7. The summed E-state index contributed by atoms with van der Waals surface area (Å²) in [5, 5.41) is 3.01. The fraction of sp³-hybridized carbons (Fsp3) is 0.562. The second-order valence-corrected chi connectivity index (χ2v) is 5.43. The van der Waals surface area contributed by atoms with Gasteiger partial charge in [0.25, 0.3) is 0 Å². The molecule has 20 heavy (non-hydrogen) atoms. The number of carbonyl (C=O) groups is 1. The summed E-state index contributed by atoms with van der Waals surface area (Å²) in [5.41, 5.74) is 6.03. The molecule has 3 N–H and O–H groups in total. The molecule has 1 amide bonds. The first-order valence-electron chi connectivity index (χ1n) is 7.29. The molecule has 0 aliphatic heterocycles. The van der Waals surface area contributed by atoms with E-state index in [0.717, 1.165) is 25.2 Å². The van der Waals surface area contributed by atoms with Gasteiger partial charge in [0.05, 0.1) is 0 Å². The van der Waals surface area contributed by atoms with E-state index in [4.69, 9.17) is 5.73 Å². The van der Waals surface area contributed by atoms with E-state index in [2.05, 4.69) is 24.1 Å². The highest BCUT2D eigenvalue weighted by Crippen LogP contribution is 2.17. The molecule has 0 aliphatic rings. The first-order valence-corrected chi connectivity index (χ1v) is 7.29. The number of nitrogens with two attached hydrogens (primary N) is 1. The predicted molar refractivity (Wildman–Crippen MR) is 83.4 cm³/mol. The van der Waals surface area contributed by atoms with Crippen LogP contribution in [0.3, 0.4) is 0 Å². The van der Waals surface area contributed by atoms with Gasteiger partial charge in [-0.2, -0.15) is 0 Å². The number of hydrogen-bond acceptors (Lipinski definition) is 3. The minimum Gasteiger partial charge on any atom is -0.350 e. The van der Waals surface area contributed by atoms with E-state index >= 15 is 0 Å². The van der Waals surface area contributed by atoms with Crippen LogP contribution < -0.4 is 11.1 Å². The van der Waals surface area contributed by atoms with Crippen LogP contribution in [0.25, 0.3) is 0 Å². The molecule has 0 bridgehead atoms. The van der Waals surface area contributed by atoms with Crippen LogP contribution in [0.5, 0.6) is 0 Å². The average molecular weight is 277 g/mol. The monoisotopic (exact) mass is 277 g/mol. The molecule has 4 heteroatoms. The standard InChI is InChI=1S/C16H27N3O/c1-5-19(6-2)12-13(3)18-15(20)16(4,17)14-10-8-7-9-11-14/h7-11,13H,5-6,12,17H2,1-4H3,(H,18,20). The van der Waals surface area contributed by atoms with E-state index in [-0.39, 0.29) is 11.9 Å². The summed E-state index contributed by atoms with van der Waals surface area (Å²) in [5.74, 6) is -0.136. The highest BCUT2D eigenvalue weighted by molar-refractivity contribution is 5.87. The maximum absolute atomic E-state index is 12.4. The number of carbonyl (C=O) groups excluding carboxylic acids is 1. The lowest BCUT2D eigenvalue weighted by atomic mass is 9.92. The average Bonchev–Trinajstić information content (AvgIpc) is 2.45. The minimum absolute atomic E-state index is 0.0778. The molecular formula is C16H27N3O. The van der Waals surface area contributed by atoms with Crippen molar-refractivity contribution in [3.63, 3.8) is 0 Å². The predicted octanol–water partition coefficient (Wildman–Crippen LogP) is 1.71. The van der Waals surface area contributed by atoms with Gasteiger partial charge < -0.3 is 16.0 Å². The molecule has 0 saturated carbocycles. The Morgan fingerprint density at radius 1 is 1.30 bits per heavy atom. The van der Waals surface area contributed by atoms with Crippen LogP contribution in [-0.4, -0.2) is 36.5 Å². The molecule has 1 aromatic carbocycles. The number of amides is 1. The zero-order valence-corrected chi connectivity index (χ0v) is 13.0. The first kappa shape index (κ1) is 16.7. The lowest BCUT2D eigenvalue weighted by Crippen LogP contribution is -2.53. The van der Waals surface area contributed by atoms with Crippen molar-refractivity contribution < 1.29 is 4.79 Å². The smallest absolute Gasteiger partial charge is 0.244 e. The van der Waals surface area contributed by atoms with Crippen LogP contribution in [0, 0.1) is 0 Å². The van der Waals surface area contributed by atoms with Gasteiger partial charge in [0.2, 0.25) is 5.91 Å². The Kier molecular flexibility index (Phi) is 6.17. The van der Waals surface area contributed by atoms with Crippen molar-refractivity contribution in [3.8, 4) is 0 Å². The maximum atomic E-state index is 12.4. The van der Waals surface area contributed by atoms with Gasteiger partial charge in [-0.3, -0.25) is 4.79 Å². The number of likely N-dealkylation sites (N-methyl/N-ethyl adjacent to an activating group) is 1. The second-order valence-electron chi connectivity index (χ2n) is 5.43. The molecule has 0 spiro atoms. The van der Waals surface area contributed by atoms with Gasteiger partial charge in [0, 0.05) is 12.6 Å². The third kappa shape index (κ3) is 4.32. The summed E-state index contributed by atoms with van der Waals surface area (Å²) >= 11 is 0. The Morgan fingerprint density at radius 2 is 1.85 bits per heavy atom. The van der Waals surface area contributed by atoms with E-state index in [9.17, 15) is 4.79 Å². The van der Waals surface area contributed by atoms with Crippen molar-refractivity contribution in [1.82, 2.24) is 10.2 Å². The first-order chi connectivity index (χ1) is 9.41. The van der Waals surface area contributed by atoms with Crippen LogP contribution in [0.4, 0.5) is 0 Å². The molecule has 1 rings (SSSR count). The van der Waals surface area contributed by atoms with Crippen molar-refractivity contribution in [3.05, 3.63) is 35.9 Å². The molecule has 0 aliphatic carbocycles. The molecule has 0 aromatic heterocycles. The summed E-state index contributed by atoms with van der Waals surface area (Å²) in [4.78, 5) is 14.7. The Labute approximate surface area is 122 Å². The van der Waals surface area contributed by atoms with E-state index < -0.39 is 5.54 Å². The Bertz CT molecular complexity index is 413. The van der Waals surface area contributed by atoms with Gasteiger partial charge in [-0.1, -0.05) is 44.2 Å². The molecule has 0 radical (unpaired) electrons. The Balaban J connectivity index is 2.66. The van der Waals surface area contributed by atoms with Crippen LogP contribution in [0.1, 0.15) is 33.3 Å². The third-order valence-corrected chi connectivity index (χ3v) is 3.65. The van der Waals surface area contributed by atoms with E-state index in [1.165, 1.54) is 0 Å². The number of nitrogens with zero attached hydrogens (tertiary/aromatic N) is 1. The number of hydrogen-bond donors (Lipinski definition) is 2. The summed E-state index contributed by atoms with van der Waals surface area (Å²) in [7, 11) is 0. The van der Waals surface area contributed by atoms with E-state index in [1.54, 1.807) is 6.92 Å². The lowest BCUT2D eigenvalue weighted by Gasteiger charge is -2.28. The highest BCUT2D eigenvalue weighted by Gasteiger charge is 2.31. The molecule has 2 atom stereocenters. The number of rotatable bonds is 7. The minimum atomic E-state index is -1.00. The van der Waals surface area contributed by atoms with Crippen LogP contribution in [-0.2, 0) is 10.3 Å². The van der Waals surface area contributed by atoms with Gasteiger partial charge >= 0.3 is 0 Å². The maximum Gasteiger partial charge on any atom is 0.244 e. The number of nitrogens with one attached hydrogen (secondary N) is 1. The van der Waals surface area contributed by atoms with Gasteiger partial charge in [-0.05, 0) is 32.5 Å². The zero-order valence-electron chi connectivity index (χ0n) is 13.0. The van der Waals surface area contributed by atoms with E-state index in [1.807, 2.05) is 37.3 Å².